The van der Waals surface area contributed by atoms with Crippen LogP contribution in [0.25, 0.3) is 0 Å². The molecule has 2 N–H and O–H groups in total. The molecule has 9 heteroatoms. The third-order valence-electron chi connectivity index (χ3n) is 4.30. The summed E-state index contributed by atoms with van der Waals surface area (Å²) in [7, 11) is -2.02. The zero-order chi connectivity index (χ0) is 18.7. The Morgan fingerprint density at radius 2 is 2.19 bits per heavy atom. The first kappa shape index (κ1) is 18.5. The topological polar surface area (TPSA) is 93.1 Å². The number of carbonyl (C=O) groups is 1. The molecule has 1 aliphatic rings. The van der Waals surface area contributed by atoms with E-state index in [9.17, 15) is 17.6 Å². The zero-order valence-corrected chi connectivity index (χ0v) is 15.2. The van der Waals surface area contributed by atoms with Crippen LogP contribution in [0.1, 0.15) is 35.1 Å². The number of carbonyl (C=O) groups excluding carboxylic acids is 1. The standard InChI is InChI=1S/C17H21FN4O3S/c1-22-10-9-19-16(22)15(12-5-6-12)21-26(24,25)14-4-2-3-13(11-14)17(23)20-8-7-18/h2-4,9-12,15,21H,5-8H2,1H3,(H,20,23). The van der Waals surface area contributed by atoms with Crippen LogP contribution in [0.2, 0.25) is 0 Å². The fourth-order valence-electron chi connectivity index (χ4n) is 2.77. The average molecular weight is 380 g/mol. The Bertz CT molecular complexity index is 893. The maximum atomic E-state index is 12.8. The molecule has 0 spiro atoms. The van der Waals surface area contributed by atoms with Gasteiger partial charge in [0.05, 0.1) is 10.9 Å². The second-order valence-electron chi connectivity index (χ2n) is 6.31. The van der Waals surface area contributed by atoms with Crippen LogP contribution in [0.4, 0.5) is 4.39 Å². The first-order chi connectivity index (χ1) is 12.4. The molecule has 1 aliphatic carbocycles. The highest BCUT2D eigenvalue weighted by molar-refractivity contribution is 7.89. The van der Waals surface area contributed by atoms with E-state index in [0.717, 1.165) is 12.8 Å². The lowest BCUT2D eigenvalue weighted by atomic mass is 10.2. The molecule has 1 aromatic heterocycles. The Kier molecular flexibility index (Phi) is 5.38. The largest absolute Gasteiger partial charge is 0.349 e. The molecule has 7 nitrogen and oxygen atoms in total. The van der Waals surface area contributed by atoms with Gasteiger partial charge in [0, 0.05) is 31.5 Å². The van der Waals surface area contributed by atoms with E-state index < -0.39 is 28.6 Å². The molecule has 1 unspecified atom stereocenters. The lowest BCUT2D eigenvalue weighted by molar-refractivity contribution is 0.0950. The van der Waals surface area contributed by atoms with Crippen LogP contribution in [-0.4, -0.2) is 37.1 Å². The highest BCUT2D eigenvalue weighted by atomic mass is 32.2. The molecule has 1 heterocycles. The van der Waals surface area contributed by atoms with Crippen molar-refractivity contribution in [1.29, 1.82) is 0 Å². The predicted molar refractivity (Wildman–Crippen MR) is 93.7 cm³/mol. The monoisotopic (exact) mass is 380 g/mol. The van der Waals surface area contributed by atoms with E-state index in [4.69, 9.17) is 0 Å². The second-order valence-corrected chi connectivity index (χ2v) is 8.02. The van der Waals surface area contributed by atoms with E-state index in [1.807, 2.05) is 7.05 Å². The molecule has 1 aromatic carbocycles. The fourth-order valence-corrected chi connectivity index (χ4v) is 4.08. The Morgan fingerprint density at radius 1 is 1.42 bits per heavy atom. The molecule has 0 radical (unpaired) electrons. The molecule has 26 heavy (non-hydrogen) atoms. The minimum absolute atomic E-state index is 0.00902. The Hall–Kier alpha value is -2.26. The second kappa shape index (κ2) is 7.55. The zero-order valence-electron chi connectivity index (χ0n) is 14.4. The van der Waals surface area contributed by atoms with E-state index in [0.29, 0.717) is 5.82 Å². The van der Waals surface area contributed by atoms with E-state index in [1.54, 1.807) is 17.0 Å². The van der Waals surface area contributed by atoms with Gasteiger partial charge in [-0.2, -0.15) is 0 Å². The first-order valence-corrected chi connectivity index (χ1v) is 9.84. The van der Waals surface area contributed by atoms with Crippen molar-refractivity contribution in [2.45, 2.75) is 23.8 Å². The summed E-state index contributed by atoms with van der Waals surface area (Å²) >= 11 is 0. The van der Waals surface area contributed by atoms with Crippen molar-refractivity contribution in [2.75, 3.05) is 13.2 Å². The van der Waals surface area contributed by atoms with Gasteiger partial charge in [-0.3, -0.25) is 4.79 Å². The minimum atomic E-state index is -3.84. The van der Waals surface area contributed by atoms with E-state index in [1.165, 1.54) is 24.3 Å². The summed E-state index contributed by atoms with van der Waals surface area (Å²) in [6.45, 7) is -0.797. The van der Waals surface area contributed by atoms with Crippen LogP contribution >= 0.6 is 0 Å². The Morgan fingerprint density at radius 3 is 2.81 bits per heavy atom. The van der Waals surface area contributed by atoms with Crippen LogP contribution in [0.15, 0.2) is 41.6 Å². The lowest BCUT2D eigenvalue weighted by Crippen LogP contribution is -2.32. The number of nitrogens with one attached hydrogen (secondary N) is 2. The smallest absolute Gasteiger partial charge is 0.251 e. The number of sulfonamides is 1. The number of imidazole rings is 1. The Balaban J connectivity index is 1.83. The van der Waals surface area contributed by atoms with Crippen molar-refractivity contribution < 1.29 is 17.6 Å². The van der Waals surface area contributed by atoms with Crippen molar-refractivity contribution in [3.05, 3.63) is 48.0 Å². The SMILES string of the molecule is Cn1ccnc1C(NS(=O)(=O)c1cccc(C(=O)NCCF)c1)C1CC1. The van der Waals surface area contributed by atoms with Crippen molar-refractivity contribution >= 4 is 15.9 Å². The highest BCUT2D eigenvalue weighted by Gasteiger charge is 2.37. The minimum Gasteiger partial charge on any atom is -0.349 e. The number of rotatable bonds is 8. The molecule has 0 aliphatic heterocycles. The number of benzene rings is 1. The summed E-state index contributed by atoms with van der Waals surface area (Å²) in [6.07, 6.45) is 5.28. The predicted octanol–water partition coefficient (Wildman–Crippen LogP) is 1.55. The van der Waals surface area contributed by atoms with E-state index in [2.05, 4.69) is 15.0 Å². The lowest BCUT2D eigenvalue weighted by Gasteiger charge is -2.18. The van der Waals surface area contributed by atoms with Gasteiger partial charge in [0.15, 0.2) is 0 Å². The maximum Gasteiger partial charge on any atom is 0.251 e. The normalized spacial score (nSPS) is 15.6. The molecular weight excluding hydrogens is 359 g/mol. The number of amides is 1. The van der Waals surface area contributed by atoms with Crippen molar-refractivity contribution in [1.82, 2.24) is 19.6 Å². The number of alkyl halides is 1. The van der Waals surface area contributed by atoms with Crippen molar-refractivity contribution in [3.8, 4) is 0 Å². The van der Waals surface area contributed by atoms with Crippen LogP contribution in [-0.2, 0) is 17.1 Å². The third kappa shape index (κ3) is 4.10. The fraction of sp³-hybridized carbons (Fsp3) is 0.412. The van der Waals surface area contributed by atoms with E-state index >= 15 is 0 Å². The molecule has 1 atom stereocenters. The van der Waals surface area contributed by atoms with Gasteiger partial charge < -0.3 is 9.88 Å². The summed E-state index contributed by atoms with van der Waals surface area (Å²) in [5, 5.41) is 2.38. The third-order valence-corrected chi connectivity index (χ3v) is 5.74. The quantitative estimate of drug-likeness (QED) is 0.727. The molecule has 2 aromatic rings. The van der Waals surface area contributed by atoms with Gasteiger partial charge in [0.2, 0.25) is 10.0 Å². The van der Waals surface area contributed by atoms with E-state index in [-0.39, 0.29) is 22.9 Å². The molecule has 3 rings (SSSR count). The van der Waals surface area contributed by atoms with Crippen LogP contribution in [0, 0.1) is 5.92 Å². The van der Waals surface area contributed by atoms with Crippen LogP contribution in [0.3, 0.4) is 0 Å². The summed E-state index contributed by atoms with van der Waals surface area (Å²) in [5.74, 6) is 0.359. The average Bonchev–Trinajstić information content (AvgIpc) is 3.39. The number of hydrogen-bond donors (Lipinski definition) is 2. The van der Waals surface area contributed by atoms with Gasteiger partial charge in [-0.25, -0.2) is 22.5 Å². The van der Waals surface area contributed by atoms with Gasteiger partial charge in [-0.1, -0.05) is 6.07 Å². The van der Waals surface area contributed by atoms with Gasteiger partial charge in [0.1, 0.15) is 12.5 Å². The first-order valence-electron chi connectivity index (χ1n) is 8.36. The number of nitrogens with zero attached hydrogens (tertiary/aromatic N) is 2. The number of aromatic nitrogens is 2. The summed E-state index contributed by atoms with van der Waals surface area (Å²) in [6, 6.07) is 5.29. The number of aryl methyl sites for hydroxylation is 1. The van der Waals surface area contributed by atoms with Crippen molar-refractivity contribution in [2.24, 2.45) is 13.0 Å². The summed E-state index contributed by atoms with van der Waals surface area (Å²) in [5.41, 5.74) is 0.168. The van der Waals surface area contributed by atoms with Crippen molar-refractivity contribution in [3.63, 3.8) is 0 Å². The van der Waals surface area contributed by atoms with Gasteiger partial charge in [-0.05, 0) is 37.0 Å². The molecule has 1 saturated carbocycles. The molecule has 0 bridgehead atoms. The van der Waals surface area contributed by atoms with Gasteiger partial charge in [0.25, 0.3) is 5.91 Å². The molecular formula is C17H21FN4O3S. The highest BCUT2D eigenvalue weighted by Crippen LogP contribution is 2.41. The maximum absolute atomic E-state index is 12.8. The molecule has 1 amide bonds. The number of hydrogen-bond acceptors (Lipinski definition) is 4. The van der Waals surface area contributed by atoms with Gasteiger partial charge in [-0.15, -0.1) is 0 Å². The van der Waals surface area contributed by atoms with Crippen LogP contribution in [0.5, 0.6) is 0 Å². The van der Waals surface area contributed by atoms with Gasteiger partial charge >= 0.3 is 0 Å². The Labute approximate surface area is 151 Å². The molecule has 1 fully saturated rings. The summed E-state index contributed by atoms with van der Waals surface area (Å²) in [4.78, 5) is 16.2. The van der Waals surface area contributed by atoms with Crippen LogP contribution < -0.4 is 10.0 Å². The summed E-state index contributed by atoms with van der Waals surface area (Å²) < 4.78 is 42.4. The number of halogens is 1. The molecule has 140 valence electrons. The molecule has 0 saturated heterocycles.